The molecule has 0 atom stereocenters. The molecular formula is C13H18ClN3OS. The molecule has 1 aliphatic heterocycles. The van der Waals surface area contributed by atoms with Gasteiger partial charge in [0.1, 0.15) is 0 Å². The highest BCUT2D eigenvalue weighted by Crippen LogP contribution is 2.32. The summed E-state index contributed by atoms with van der Waals surface area (Å²) in [4.78, 5) is 14.8. The lowest BCUT2D eigenvalue weighted by Gasteiger charge is -2.27. The Bertz CT molecular complexity index is 429. The number of hydrogen-bond acceptors (Lipinski definition) is 4. The van der Waals surface area contributed by atoms with Gasteiger partial charge >= 0.3 is 0 Å². The van der Waals surface area contributed by atoms with Gasteiger partial charge in [-0.1, -0.05) is 17.7 Å². The Hall–Kier alpha value is -0.910. The van der Waals surface area contributed by atoms with E-state index in [1.54, 1.807) is 11.8 Å². The number of carbonyl (C=O) groups excluding carboxylic acids is 1. The Balaban J connectivity index is 1.81. The summed E-state index contributed by atoms with van der Waals surface area (Å²) in [6.07, 6.45) is 0.523. The van der Waals surface area contributed by atoms with Crippen LogP contribution < -0.4 is 11.1 Å². The molecule has 0 saturated carbocycles. The van der Waals surface area contributed by atoms with Crippen LogP contribution in [0, 0.1) is 0 Å². The minimum Gasteiger partial charge on any atom is -0.398 e. The number of anilines is 1. The first-order chi connectivity index (χ1) is 9.18. The van der Waals surface area contributed by atoms with E-state index in [0.717, 1.165) is 31.1 Å². The average molecular weight is 300 g/mol. The van der Waals surface area contributed by atoms with Crippen LogP contribution in [-0.4, -0.2) is 42.7 Å². The van der Waals surface area contributed by atoms with Gasteiger partial charge in [0, 0.05) is 48.9 Å². The summed E-state index contributed by atoms with van der Waals surface area (Å²) in [6, 6.07) is 5.47. The summed E-state index contributed by atoms with van der Waals surface area (Å²) in [5.74, 6) is 0.913. The number of thioether (sulfide) groups is 1. The van der Waals surface area contributed by atoms with Crippen LogP contribution in [0.15, 0.2) is 23.1 Å². The van der Waals surface area contributed by atoms with E-state index in [1.807, 2.05) is 23.1 Å². The van der Waals surface area contributed by atoms with Gasteiger partial charge in [0.15, 0.2) is 0 Å². The Kier molecular flexibility index (Phi) is 5.36. The molecule has 19 heavy (non-hydrogen) atoms. The van der Waals surface area contributed by atoms with Gasteiger partial charge in [-0.15, -0.1) is 11.8 Å². The first kappa shape index (κ1) is 14.5. The fourth-order valence-electron chi connectivity index (χ4n) is 1.99. The summed E-state index contributed by atoms with van der Waals surface area (Å²) in [5.41, 5.74) is 6.55. The van der Waals surface area contributed by atoms with Gasteiger partial charge in [0.05, 0.1) is 5.02 Å². The number of halogens is 1. The molecule has 0 aliphatic carbocycles. The number of piperazine rings is 1. The molecule has 0 aromatic heterocycles. The number of nitrogen functional groups attached to an aromatic ring is 1. The van der Waals surface area contributed by atoms with E-state index in [4.69, 9.17) is 17.3 Å². The van der Waals surface area contributed by atoms with Crippen molar-refractivity contribution in [3.05, 3.63) is 23.2 Å². The first-order valence-electron chi connectivity index (χ1n) is 6.34. The number of nitrogens with zero attached hydrogens (tertiary/aromatic N) is 1. The Morgan fingerprint density at radius 3 is 2.84 bits per heavy atom. The van der Waals surface area contributed by atoms with Crippen LogP contribution in [0.1, 0.15) is 6.42 Å². The van der Waals surface area contributed by atoms with E-state index >= 15 is 0 Å². The summed E-state index contributed by atoms with van der Waals surface area (Å²) < 4.78 is 0. The highest BCUT2D eigenvalue weighted by atomic mass is 35.5. The molecule has 3 N–H and O–H groups in total. The number of carbonyl (C=O) groups is 1. The number of benzene rings is 1. The van der Waals surface area contributed by atoms with Crippen molar-refractivity contribution < 1.29 is 4.79 Å². The van der Waals surface area contributed by atoms with Crippen molar-refractivity contribution in [2.24, 2.45) is 0 Å². The third kappa shape index (κ3) is 4.03. The largest absolute Gasteiger partial charge is 0.398 e. The maximum Gasteiger partial charge on any atom is 0.223 e. The zero-order valence-corrected chi connectivity index (χ0v) is 12.3. The lowest BCUT2D eigenvalue weighted by Crippen LogP contribution is -2.46. The SMILES string of the molecule is Nc1cccc(Cl)c1SCCC(=O)N1CCNCC1. The Morgan fingerprint density at radius 1 is 1.42 bits per heavy atom. The molecule has 4 nitrogen and oxygen atoms in total. The second kappa shape index (κ2) is 7.03. The highest BCUT2D eigenvalue weighted by molar-refractivity contribution is 7.99. The number of nitrogens with one attached hydrogen (secondary N) is 1. The summed E-state index contributed by atoms with van der Waals surface area (Å²) >= 11 is 7.64. The van der Waals surface area contributed by atoms with Crippen LogP contribution in [-0.2, 0) is 4.79 Å². The molecule has 1 heterocycles. The maximum absolute atomic E-state index is 12.0. The van der Waals surface area contributed by atoms with Crippen molar-refractivity contribution in [1.29, 1.82) is 0 Å². The van der Waals surface area contributed by atoms with Gasteiger partial charge in [-0.05, 0) is 12.1 Å². The smallest absolute Gasteiger partial charge is 0.223 e. The fraction of sp³-hybridized carbons (Fsp3) is 0.462. The van der Waals surface area contributed by atoms with E-state index in [2.05, 4.69) is 5.32 Å². The second-order valence-corrected chi connectivity index (χ2v) is 5.90. The lowest BCUT2D eigenvalue weighted by atomic mass is 10.3. The quantitative estimate of drug-likeness (QED) is 0.658. The van der Waals surface area contributed by atoms with Gasteiger partial charge < -0.3 is 16.0 Å². The number of nitrogens with two attached hydrogens (primary N) is 1. The molecule has 0 spiro atoms. The van der Waals surface area contributed by atoms with Crippen molar-refractivity contribution in [2.45, 2.75) is 11.3 Å². The second-order valence-electron chi connectivity index (χ2n) is 4.39. The monoisotopic (exact) mass is 299 g/mol. The van der Waals surface area contributed by atoms with Crippen LogP contribution in [0.25, 0.3) is 0 Å². The zero-order valence-electron chi connectivity index (χ0n) is 10.7. The van der Waals surface area contributed by atoms with E-state index in [0.29, 0.717) is 22.9 Å². The van der Waals surface area contributed by atoms with Crippen LogP contribution in [0.3, 0.4) is 0 Å². The molecule has 0 bridgehead atoms. The average Bonchev–Trinajstić information content (AvgIpc) is 2.43. The molecule has 104 valence electrons. The van der Waals surface area contributed by atoms with Crippen LogP contribution >= 0.6 is 23.4 Å². The van der Waals surface area contributed by atoms with E-state index < -0.39 is 0 Å². The normalized spacial score (nSPS) is 15.5. The molecule has 0 unspecified atom stereocenters. The highest BCUT2D eigenvalue weighted by Gasteiger charge is 2.16. The molecule has 1 saturated heterocycles. The fourth-order valence-corrected chi connectivity index (χ4v) is 3.26. The van der Waals surface area contributed by atoms with Gasteiger partial charge in [0.2, 0.25) is 5.91 Å². The van der Waals surface area contributed by atoms with Crippen molar-refractivity contribution >= 4 is 35.0 Å². The molecule has 1 aromatic carbocycles. The topological polar surface area (TPSA) is 58.4 Å². The third-order valence-corrected chi connectivity index (χ3v) is 4.61. The zero-order chi connectivity index (χ0) is 13.7. The Morgan fingerprint density at radius 2 is 2.16 bits per heavy atom. The minimum absolute atomic E-state index is 0.208. The standard InChI is InChI=1S/C13H18ClN3OS/c14-10-2-1-3-11(15)13(10)19-9-4-12(18)17-7-5-16-6-8-17/h1-3,16H,4-9,15H2. The van der Waals surface area contributed by atoms with Gasteiger partial charge in [0.25, 0.3) is 0 Å². The molecule has 1 aromatic rings. The van der Waals surface area contributed by atoms with Crippen LogP contribution in [0.2, 0.25) is 5.02 Å². The van der Waals surface area contributed by atoms with E-state index in [-0.39, 0.29) is 5.91 Å². The number of amides is 1. The Labute approximate surface area is 122 Å². The predicted molar refractivity (Wildman–Crippen MR) is 80.7 cm³/mol. The van der Waals surface area contributed by atoms with Crippen LogP contribution in [0.4, 0.5) is 5.69 Å². The molecule has 1 fully saturated rings. The minimum atomic E-state index is 0.208. The molecular weight excluding hydrogens is 282 g/mol. The number of hydrogen-bond donors (Lipinski definition) is 2. The van der Waals surface area contributed by atoms with Crippen molar-refractivity contribution in [3.8, 4) is 0 Å². The van der Waals surface area contributed by atoms with Gasteiger partial charge in [-0.2, -0.15) is 0 Å². The first-order valence-corrected chi connectivity index (χ1v) is 7.70. The third-order valence-electron chi connectivity index (χ3n) is 3.03. The summed E-state index contributed by atoms with van der Waals surface area (Å²) in [6.45, 7) is 3.38. The van der Waals surface area contributed by atoms with Gasteiger partial charge in [-0.25, -0.2) is 0 Å². The molecule has 6 heteroatoms. The molecule has 1 aliphatic rings. The van der Waals surface area contributed by atoms with Gasteiger partial charge in [-0.3, -0.25) is 4.79 Å². The summed E-state index contributed by atoms with van der Waals surface area (Å²) in [7, 11) is 0. The molecule has 0 radical (unpaired) electrons. The summed E-state index contributed by atoms with van der Waals surface area (Å²) in [5, 5.41) is 3.89. The number of rotatable bonds is 4. The van der Waals surface area contributed by atoms with E-state index in [9.17, 15) is 4.79 Å². The van der Waals surface area contributed by atoms with Crippen molar-refractivity contribution in [3.63, 3.8) is 0 Å². The van der Waals surface area contributed by atoms with E-state index in [1.165, 1.54) is 0 Å². The van der Waals surface area contributed by atoms with Crippen LogP contribution in [0.5, 0.6) is 0 Å². The lowest BCUT2D eigenvalue weighted by molar-refractivity contribution is -0.131. The van der Waals surface area contributed by atoms with Crippen molar-refractivity contribution in [2.75, 3.05) is 37.7 Å². The molecule has 2 rings (SSSR count). The predicted octanol–water partition coefficient (Wildman–Crippen LogP) is 1.84. The molecule has 1 amide bonds. The maximum atomic E-state index is 12.0. The van der Waals surface area contributed by atoms with Crippen molar-refractivity contribution in [1.82, 2.24) is 10.2 Å².